The summed E-state index contributed by atoms with van der Waals surface area (Å²) in [4.78, 5) is 13.4. The second-order valence-corrected chi connectivity index (χ2v) is 5.36. The quantitative estimate of drug-likeness (QED) is 0.835. The van der Waals surface area contributed by atoms with Crippen LogP contribution in [0.5, 0.6) is 0 Å². The van der Waals surface area contributed by atoms with Gasteiger partial charge in [-0.05, 0) is 44.5 Å². The molecule has 1 unspecified atom stereocenters. The van der Waals surface area contributed by atoms with Gasteiger partial charge in [0.1, 0.15) is 0 Å². The van der Waals surface area contributed by atoms with E-state index in [4.69, 9.17) is 0 Å². The van der Waals surface area contributed by atoms with Crippen LogP contribution in [0.25, 0.3) is 0 Å². The number of aryl methyl sites for hydroxylation is 1. The highest BCUT2D eigenvalue weighted by Crippen LogP contribution is 2.40. The van der Waals surface area contributed by atoms with Crippen molar-refractivity contribution in [2.75, 3.05) is 14.1 Å². The second kappa shape index (κ2) is 5.11. The molecule has 0 heterocycles. The molecule has 0 fully saturated rings. The van der Waals surface area contributed by atoms with Gasteiger partial charge in [-0.3, -0.25) is 9.69 Å². The van der Waals surface area contributed by atoms with Gasteiger partial charge in [0.05, 0.1) is 12.0 Å². The topological polar surface area (TPSA) is 40.5 Å². The van der Waals surface area contributed by atoms with Gasteiger partial charge in [-0.2, -0.15) is 0 Å². The number of carboxylic acid groups (broad SMARTS) is 1. The molecular weight excluding hydrogens is 226 g/mol. The van der Waals surface area contributed by atoms with Crippen LogP contribution in [0.3, 0.4) is 0 Å². The first-order valence-corrected chi connectivity index (χ1v) is 6.54. The molecule has 18 heavy (non-hydrogen) atoms. The molecule has 1 aliphatic rings. The lowest BCUT2D eigenvalue weighted by atomic mass is 9.80. The molecule has 0 saturated carbocycles. The Kier molecular flexibility index (Phi) is 3.71. The van der Waals surface area contributed by atoms with E-state index in [-0.39, 0.29) is 12.0 Å². The summed E-state index contributed by atoms with van der Waals surface area (Å²) in [5.41, 5.74) is 2.17. The Hall–Kier alpha value is -1.35. The van der Waals surface area contributed by atoms with Crippen molar-refractivity contribution in [3.05, 3.63) is 35.4 Å². The zero-order chi connectivity index (χ0) is 13.2. The lowest BCUT2D eigenvalue weighted by Crippen LogP contribution is -2.43. The van der Waals surface area contributed by atoms with Gasteiger partial charge in [0.15, 0.2) is 0 Å². The summed E-state index contributed by atoms with van der Waals surface area (Å²) in [5.74, 6) is -0.722. The van der Waals surface area contributed by atoms with Gasteiger partial charge >= 0.3 is 5.97 Å². The lowest BCUT2D eigenvalue weighted by molar-refractivity contribution is -0.140. The van der Waals surface area contributed by atoms with Crippen molar-refractivity contribution in [3.63, 3.8) is 0 Å². The predicted octanol–water partition coefficient (Wildman–Crippen LogP) is 2.64. The Morgan fingerprint density at radius 2 is 2.06 bits per heavy atom. The summed E-state index contributed by atoms with van der Waals surface area (Å²) in [6.45, 7) is 0. The lowest BCUT2D eigenvalue weighted by Gasteiger charge is -2.39. The molecule has 0 aromatic heterocycles. The second-order valence-electron chi connectivity index (χ2n) is 5.36. The Balaban J connectivity index is 2.54. The number of hydrogen-bond donors (Lipinski definition) is 1. The van der Waals surface area contributed by atoms with Gasteiger partial charge in [-0.1, -0.05) is 30.7 Å². The smallest absolute Gasteiger partial charge is 0.305 e. The van der Waals surface area contributed by atoms with Crippen molar-refractivity contribution in [3.8, 4) is 0 Å². The van der Waals surface area contributed by atoms with E-state index in [1.165, 1.54) is 11.1 Å². The van der Waals surface area contributed by atoms with Crippen LogP contribution in [0.15, 0.2) is 24.3 Å². The molecule has 0 aliphatic heterocycles. The molecule has 98 valence electrons. The Morgan fingerprint density at radius 1 is 1.33 bits per heavy atom. The van der Waals surface area contributed by atoms with E-state index in [1.807, 2.05) is 26.2 Å². The van der Waals surface area contributed by atoms with E-state index in [1.54, 1.807) is 0 Å². The number of rotatable bonds is 3. The average molecular weight is 247 g/mol. The van der Waals surface area contributed by atoms with Crippen LogP contribution in [0.4, 0.5) is 0 Å². The van der Waals surface area contributed by atoms with E-state index in [9.17, 15) is 9.90 Å². The molecule has 1 aromatic rings. The number of fused-ring (bicyclic) bond motifs is 1. The summed E-state index contributed by atoms with van der Waals surface area (Å²) in [5, 5.41) is 9.27. The standard InChI is InChI=1S/C15H21NO2/c1-16(2)15(11-14(17)18)10-6-5-8-12-7-3-4-9-13(12)15/h3-4,7,9H,5-6,8,10-11H2,1-2H3,(H,17,18). The highest BCUT2D eigenvalue weighted by atomic mass is 16.4. The third-order valence-corrected chi connectivity index (χ3v) is 4.10. The number of carbonyl (C=O) groups is 1. The summed E-state index contributed by atoms with van der Waals surface area (Å²) in [6.07, 6.45) is 4.39. The van der Waals surface area contributed by atoms with Gasteiger partial charge in [-0.25, -0.2) is 0 Å². The fourth-order valence-electron chi connectivity index (χ4n) is 3.12. The zero-order valence-electron chi connectivity index (χ0n) is 11.1. The molecule has 3 nitrogen and oxygen atoms in total. The molecule has 3 heteroatoms. The monoisotopic (exact) mass is 247 g/mol. The van der Waals surface area contributed by atoms with Crippen LogP contribution >= 0.6 is 0 Å². The van der Waals surface area contributed by atoms with E-state index in [0.717, 1.165) is 25.7 Å². The third kappa shape index (κ3) is 2.27. The summed E-state index contributed by atoms with van der Waals surface area (Å²) < 4.78 is 0. The first kappa shape index (κ1) is 13.1. The van der Waals surface area contributed by atoms with Gasteiger partial charge < -0.3 is 5.11 Å². The Labute approximate surface area is 108 Å². The SMILES string of the molecule is CN(C)C1(CC(=O)O)CCCCc2ccccc21. The van der Waals surface area contributed by atoms with Crippen LogP contribution in [-0.4, -0.2) is 30.1 Å². The maximum atomic E-state index is 11.3. The fourth-order valence-corrected chi connectivity index (χ4v) is 3.12. The molecule has 1 aromatic carbocycles. The van der Waals surface area contributed by atoms with E-state index in [0.29, 0.717) is 0 Å². The summed E-state index contributed by atoms with van der Waals surface area (Å²) in [7, 11) is 3.98. The van der Waals surface area contributed by atoms with Gasteiger partial charge in [0, 0.05) is 0 Å². The molecule has 0 saturated heterocycles. The zero-order valence-corrected chi connectivity index (χ0v) is 11.1. The Bertz CT molecular complexity index is 442. The maximum Gasteiger partial charge on any atom is 0.305 e. The van der Waals surface area contributed by atoms with Gasteiger partial charge in [-0.15, -0.1) is 0 Å². The Morgan fingerprint density at radius 3 is 2.72 bits per heavy atom. The highest BCUT2D eigenvalue weighted by Gasteiger charge is 2.39. The van der Waals surface area contributed by atoms with Gasteiger partial charge in [0.25, 0.3) is 0 Å². The number of nitrogens with zero attached hydrogens (tertiary/aromatic N) is 1. The number of carboxylic acids is 1. The van der Waals surface area contributed by atoms with Gasteiger partial charge in [0.2, 0.25) is 0 Å². The first-order valence-electron chi connectivity index (χ1n) is 6.54. The minimum absolute atomic E-state index is 0.178. The average Bonchev–Trinajstić information content (AvgIpc) is 2.50. The maximum absolute atomic E-state index is 11.3. The van der Waals surface area contributed by atoms with Crippen molar-refractivity contribution in [2.45, 2.75) is 37.6 Å². The molecule has 2 rings (SSSR count). The van der Waals surface area contributed by atoms with E-state index >= 15 is 0 Å². The molecular formula is C15H21NO2. The summed E-state index contributed by atoms with van der Waals surface area (Å²) in [6, 6.07) is 8.31. The number of hydrogen-bond acceptors (Lipinski definition) is 2. The molecule has 0 radical (unpaired) electrons. The van der Waals surface area contributed by atoms with Crippen LogP contribution in [0.1, 0.15) is 36.8 Å². The van der Waals surface area contributed by atoms with Crippen LogP contribution in [0, 0.1) is 0 Å². The van der Waals surface area contributed by atoms with Crippen LogP contribution in [-0.2, 0) is 16.8 Å². The van der Waals surface area contributed by atoms with Crippen molar-refractivity contribution in [1.82, 2.24) is 4.90 Å². The molecule has 0 bridgehead atoms. The molecule has 1 N–H and O–H groups in total. The number of aliphatic carboxylic acids is 1. The van der Waals surface area contributed by atoms with Crippen molar-refractivity contribution >= 4 is 5.97 Å². The number of benzene rings is 1. The van der Waals surface area contributed by atoms with Crippen molar-refractivity contribution in [2.24, 2.45) is 0 Å². The van der Waals surface area contributed by atoms with Crippen LogP contribution in [0.2, 0.25) is 0 Å². The molecule has 1 atom stereocenters. The van der Waals surface area contributed by atoms with Crippen molar-refractivity contribution < 1.29 is 9.90 Å². The van der Waals surface area contributed by atoms with E-state index in [2.05, 4.69) is 17.0 Å². The van der Waals surface area contributed by atoms with E-state index < -0.39 is 5.97 Å². The van der Waals surface area contributed by atoms with Crippen LogP contribution < -0.4 is 0 Å². The molecule has 0 spiro atoms. The minimum atomic E-state index is -0.722. The molecule has 1 aliphatic carbocycles. The predicted molar refractivity (Wildman–Crippen MR) is 71.6 cm³/mol. The summed E-state index contributed by atoms with van der Waals surface area (Å²) >= 11 is 0. The largest absolute Gasteiger partial charge is 0.481 e. The third-order valence-electron chi connectivity index (χ3n) is 4.10. The minimum Gasteiger partial charge on any atom is -0.481 e. The normalized spacial score (nSPS) is 23.5. The molecule has 0 amide bonds. The highest BCUT2D eigenvalue weighted by molar-refractivity contribution is 5.69. The first-order chi connectivity index (χ1) is 8.56. The van der Waals surface area contributed by atoms with Crippen molar-refractivity contribution in [1.29, 1.82) is 0 Å². The fraction of sp³-hybridized carbons (Fsp3) is 0.533.